The number of benzene rings is 1. The van der Waals surface area contributed by atoms with E-state index in [1.807, 2.05) is 30.3 Å². The van der Waals surface area contributed by atoms with Crippen LogP contribution in [0.1, 0.15) is 23.2 Å². The maximum atomic E-state index is 11.7. The van der Waals surface area contributed by atoms with Crippen molar-refractivity contribution in [3.63, 3.8) is 0 Å². The molecule has 0 aliphatic carbocycles. The fraction of sp³-hybridized carbons (Fsp3) is 0.333. The second kappa shape index (κ2) is 4.73. The molecule has 0 bridgehead atoms. The molecule has 0 amide bonds. The van der Waals surface area contributed by atoms with Crippen LogP contribution in [-0.2, 0) is 0 Å². The monoisotopic (exact) mass is 202 g/mol. The summed E-state index contributed by atoms with van der Waals surface area (Å²) in [6, 6.07) is 9.33. The molecule has 2 rings (SSSR count). The second-order valence-electron chi connectivity index (χ2n) is 3.57. The number of nitrogens with one attached hydrogen (secondary N) is 1. The molecular formula is C12H14N2O. The highest BCUT2D eigenvalue weighted by Gasteiger charge is 2.08. The van der Waals surface area contributed by atoms with Gasteiger partial charge < -0.3 is 5.32 Å². The molecule has 1 heterocycles. The number of hydrogen-bond donors (Lipinski definition) is 1. The Hall–Kier alpha value is -1.64. The van der Waals surface area contributed by atoms with Gasteiger partial charge in [0.1, 0.15) is 0 Å². The van der Waals surface area contributed by atoms with Gasteiger partial charge in [-0.2, -0.15) is 0 Å². The molecule has 78 valence electrons. The zero-order valence-electron chi connectivity index (χ0n) is 8.57. The topological polar surface area (TPSA) is 41.5 Å². The van der Waals surface area contributed by atoms with Gasteiger partial charge in [0.25, 0.3) is 0 Å². The maximum absolute atomic E-state index is 11.7. The molecule has 0 saturated heterocycles. The summed E-state index contributed by atoms with van der Waals surface area (Å²) in [4.78, 5) is 15.9. The number of hydrogen-bond acceptors (Lipinski definition) is 3. The first-order valence-electron chi connectivity index (χ1n) is 5.22. The van der Waals surface area contributed by atoms with Gasteiger partial charge in [-0.05, 0) is 6.42 Å². The molecule has 0 atom stereocenters. The van der Waals surface area contributed by atoms with E-state index in [-0.39, 0.29) is 5.78 Å². The molecule has 0 unspecified atom stereocenters. The predicted molar refractivity (Wildman–Crippen MR) is 60.3 cm³/mol. The highest BCUT2D eigenvalue weighted by Crippen LogP contribution is 2.02. The Labute approximate surface area is 89.2 Å². The van der Waals surface area contributed by atoms with Crippen LogP contribution in [0.4, 0.5) is 0 Å². The third-order valence-electron chi connectivity index (χ3n) is 2.42. The third-order valence-corrected chi connectivity index (χ3v) is 2.42. The Morgan fingerprint density at radius 3 is 2.80 bits per heavy atom. The van der Waals surface area contributed by atoms with E-state index in [4.69, 9.17) is 0 Å². The molecule has 0 aromatic heterocycles. The van der Waals surface area contributed by atoms with Gasteiger partial charge in [0.05, 0.1) is 12.4 Å². The molecule has 1 aromatic carbocycles. The number of amidine groups is 1. The van der Waals surface area contributed by atoms with Crippen LogP contribution in [-0.4, -0.2) is 24.7 Å². The van der Waals surface area contributed by atoms with E-state index in [1.54, 1.807) is 0 Å². The quantitative estimate of drug-likeness (QED) is 0.757. The smallest absolute Gasteiger partial charge is 0.181 e. The van der Waals surface area contributed by atoms with Gasteiger partial charge in [0.15, 0.2) is 5.78 Å². The summed E-state index contributed by atoms with van der Waals surface area (Å²) in [5, 5.41) is 3.08. The third kappa shape index (κ3) is 2.65. The van der Waals surface area contributed by atoms with Crippen LogP contribution in [0.5, 0.6) is 0 Å². The molecule has 1 aliphatic rings. The summed E-state index contributed by atoms with van der Waals surface area (Å²) in [6.07, 6.45) is 2.07. The first kappa shape index (κ1) is 9.90. The SMILES string of the molecule is O=C(CNC1=NCCC1)c1ccccc1. The van der Waals surface area contributed by atoms with Crippen LogP contribution in [0.2, 0.25) is 0 Å². The van der Waals surface area contributed by atoms with Gasteiger partial charge in [0.2, 0.25) is 0 Å². The van der Waals surface area contributed by atoms with Gasteiger partial charge in [0, 0.05) is 18.5 Å². The molecule has 1 N–H and O–H groups in total. The van der Waals surface area contributed by atoms with E-state index in [1.165, 1.54) is 0 Å². The average Bonchev–Trinajstić information content (AvgIpc) is 2.80. The minimum atomic E-state index is 0.116. The summed E-state index contributed by atoms with van der Waals surface area (Å²) in [5.41, 5.74) is 0.753. The largest absolute Gasteiger partial charge is 0.366 e. The Kier molecular flexibility index (Phi) is 3.12. The van der Waals surface area contributed by atoms with Gasteiger partial charge in [-0.3, -0.25) is 9.79 Å². The molecule has 0 spiro atoms. The average molecular weight is 202 g/mol. The lowest BCUT2D eigenvalue weighted by atomic mass is 10.1. The number of nitrogens with zero attached hydrogens (tertiary/aromatic N) is 1. The van der Waals surface area contributed by atoms with E-state index in [9.17, 15) is 4.79 Å². The van der Waals surface area contributed by atoms with Crippen molar-refractivity contribution in [1.29, 1.82) is 0 Å². The zero-order valence-corrected chi connectivity index (χ0v) is 8.57. The Morgan fingerprint density at radius 2 is 2.13 bits per heavy atom. The highest BCUT2D eigenvalue weighted by atomic mass is 16.1. The number of Topliss-reactive ketones (excluding diaryl/α,β-unsaturated/α-hetero) is 1. The summed E-state index contributed by atoms with van der Waals surface area (Å²) < 4.78 is 0. The van der Waals surface area contributed by atoms with Crippen molar-refractivity contribution in [3.05, 3.63) is 35.9 Å². The summed E-state index contributed by atoms with van der Waals surface area (Å²) >= 11 is 0. The van der Waals surface area contributed by atoms with E-state index in [0.29, 0.717) is 6.54 Å². The van der Waals surface area contributed by atoms with Crippen molar-refractivity contribution >= 4 is 11.6 Å². The zero-order chi connectivity index (χ0) is 10.5. The normalized spacial score (nSPS) is 14.8. The molecule has 15 heavy (non-hydrogen) atoms. The number of carbonyl (C=O) groups excluding carboxylic acids is 1. The van der Waals surface area contributed by atoms with Crippen molar-refractivity contribution in [2.45, 2.75) is 12.8 Å². The van der Waals surface area contributed by atoms with Crippen molar-refractivity contribution < 1.29 is 4.79 Å². The number of ketones is 1. The first-order chi connectivity index (χ1) is 7.36. The molecular weight excluding hydrogens is 188 g/mol. The Morgan fingerprint density at radius 1 is 1.33 bits per heavy atom. The minimum absolute atomic E-state index is 0.116. The van der Waals surface area contributed by atoms with Crippen LogP contribution in [0.15, 0.2) is 35.3 Å². The van der Waals surface area contributed by atoms with E-state index < -0.39 is 0 Å². The Bertz CT molecular complexity index is 370. The predicted octanol–water partition coefficient (Wildman–Crippen LogP) is 1.65. The van der Waals surface area contributed by atoms with Crippen LogP contribution in [0, 0.1) is 0 Å². The van der Waals surface area contributed by atoms with Crippen molar-refractivity contribution in [1.82, 2.24) is 5.32 Å². The lowest BCUT2D eigenvalue weighted by Crippen LogP contribution is -2.28. The van der Waals surface area contributed by atoms with Gasteiger partial charge in [-0.15, -0.1) is 0 Å². The van der Waals surface area contributed by atoms with Crippen molar-refractivity contribution in [3.8, 4) is 0 Å². The minimum Gasteiger partial charge on any atom is -0.366 e. The summed E-state index contributed by atoms with van der Waals surface area (Å²) in [6.45, 7) is 1.24. The Balaban J connectivity index is 1.87. The lowest BCUT2D eigenvalue weighted by molar-refractivity contribution is 0.0996. The van der Waals surface area contributed by atoms with Crippen LogP contribution in [0.3, 0.4) is 0 Å². The van der Waals surface area contributed by atoms with Crippen LogP contribution < -0.4 is 5.32 Å². The number of carbonyl (C=O) groups is 1. The molecule has 3 nitrogen and oxygen atoms in total. The van der Waals surface area contributed by atoms with E-state index in [2.05, 4.69) is 10.3 Å². The maximum Gasteiger partial charge on any atom is 0.181 e. The van der Waals surface area contributed by atoms with E-state index in [0.717, 1.165) is 30.8 Å². The number of rotatable bonds is 3. The summed E-state index contributed by atoms with van der Waals surface area (Å²) in [7, 11) is 0. The second-order valence-corrected chi connectivity index (χ2v) is 3.57. The molecule has 0 saturated carbocycles. The fourth-order valence-electron chi connectivity index (χ4n) is 1.59. The molecule has 1 aliphatic heterocycles. The van der Waals surface area contributed by atoms with E-state index >= 15 is 0 Å². The standard InChI is InChI=1S/C12H14N2O/c15-11(10-5-2-1-3-6-10)9-14-12-7-4-8-13-12/h1-3,5-6H,4,7-9H2,(H,13,14). The fourth-order valence-corrected chi connectivity index (χ4v) is 1.59. The number of aliphatic imine (C=N–C) groups is 1. The lowest BCUT2D eigenvalue weighted by Gasteiger charge is -2.04. The molecule has 0 radical (unpaired) electrons. The van der Waals surface area contributed by atoms with Gasteiger partial charge >= 0.3 is 0 Å². The molecule has 0 fully saturated rings. The first-order valence-corrected chi connectivity index (χ1v) is 5.22. The molecule has 3 heteroatoms. The highest BCUT2D eigenvalue weighted by molar-refractivity contribution is 5.99. The van der Waals surface area contributed by atoms with Gasteiger partial charge in [-0.1, -0.05) is 30.3 Å². The van der Waals surface area contributed by atoms with Crippen LogP contribution >= 0.6 is 0 Å². The van der Waals surface area contributed by atoms with Gasteiger partial charge in [-0.25, -0.2) is 0 Å². The van der Waals surface area contributed by atoms with Crippen molar-refractivity contribution in [2.75, 3.05) is 13.1 Å². The summed E-state index contributed by atoms with van der Waals surface area (Å²) in [5.74, 6) is 1.09. The van der Waals surface area contributed by atoms with Crippen molar-refractivity contribution in [2.24, 2.45) is 4.99 Å². The molecule has 1 aromatic rings. The van der Waals surface area contributed by atoms with Crippen LogP contribution in [0.25, 0.3) is 0 Å².